The molecule has 4 atom stereocenters. The molecule has 4 unspecified atom stereocenters. The van der Waals surface area contributed by atoms with Crippen molar-refractivity contribution in [2.24, 2.45) is 29.2 Å². The molecule has 2 aliphatic carbocycles. The first-order chi connectivity index (χ1) is 7.68. The molecule has 0 aliphatic heterocycles. The van der Waals surface area contributed by atoms with E-state index < -0.39 is 0 Å². The highest BCUT2D eigenvalue weighted by Gasteiger charge is 2.34. The fourth-order valence-corrected chi connectivity index (χ4v) is 3.93. The number of hydrogen-bond acceptors (Lipinski definition) is 2. The van der Waals surface area contributed by atoms with Gasteiger partial charge in [-0.1, -0.05) is 39.0 Å². The Morgan fingerprint density at radius 2 is 1.62 bits per heavy atom. The van der Waals surface area contributed by atoms with Gasteiger partial charge in [0.1, 0.15) is 0 Å². The lowest BCUT2D eigenvalue weighted by Gasteiger charge is -2.40. The highest BCUT2D eigenvalue weighted by Crippen LogP contribution is 2.38. The van der Waals surface area contributed by atoms with Crippen LogP contribution >= 0.6 is 0 Å². The Hall–Kier alpha value is -0.0800. The van der Waals surface area contributed by atoms with Crippen LogP contribution in [-0.4, -0.2) is 12.1 Å². The van der Waals surface area contributed by atoms with E-state index in [4.69, 9.17) is 11.5 Å². The number of nitrogens with two attached hydrogens (primary N) is 2. The van der Waals surface area contributed by atoms with Gasteiger partial charge in [0.25, 0.3) is 0 Å². The fraction of sp³-hybridized carbons (Fsp3) is 1.00. The second-order valence-corrected chi connectivity index (χ2v) is 6.16. The second kappa shape index (κ2) is 5.50. The van der Waals surface area contributed by atoms with Gasteiger partial charge >= 0.3 is 0 Å². The minimum absolute atomic E-state index is 0.362. The molecule has 94 valence electrons. The van der Waals surface area contributed by atoms with E-state index in [0.29, 0.717) is 12.1 Å². The van der Waals surface area contributed by atoms with Crippen molar-refractivity contribution in [1.29, 1.82) is 0 Å². The maximum absolute atomic E-state index is 6.30. The van der Waals surface area contributed by atoms with E-state index in [0.717, 1.165) is 24.2 Å². The monoisotopic (exact) mass is 224 g/mol. The summed E-state index contributed by atoms with van der Waals surface area (Å²) in [6.07, 6.45) is 10.7. The molecule has 0 amide bonds. The predicted octanol–water partition coefficient (Wildman–Crippen LogP) is 2.66. The third-order valence-corrected chi connectivity index (χ3v) is 5.06. The molecule has 0 spiro atoms. The van der Waals surface area contributed by atoms with Crippen LogP contribution < -0.4 is 11.5 Å². The normalized spacial score (nSPS) is 39.6. The van der Waals surface area contributed by atoms with Crippen molar-refractivity contribution < 1.29 is 0 Å². The zero-order valence-corrected chi connectivity index (χ0v) is 10.7. The Morgan fingerprint density at radius 3 is 2.25 bits per heavy atom. The summed E-state index contributed by atoms with van der Waals surface area (Å²) in [6, 6.07) is 0.727. The Labute approximate surface area is 100 Å². The third kappa shape index (κ3) is 2.78. The van der Waals surface area contributed by atoms with Gasteiger partial charge in [-0.15, -0.1) is 0 Å². The molecule has 0 aromatic carbocycles. The number of rotatable bonds is 2. The second-order valence-electron chi connectivity index (χ2n) is 6.16. The average Bonchev–Trinajstić information content (AvgIpc) is 2.29. The minimum atomic E-state index is 0.362. The van der Waals surface area contributed by atoms with Crippen molar-refractivity contribution in [3.05, 3.63) is 0 Å². The topological polar surface area (TPSA) is 52.0 Å². The molecule has 16 heavy (non-hydrogen) atoms. The van der Waals surface area contributed by atoms with Crippen LogP contribution in [0.4, 0.5) is 0 Å². The van der Waals surface area contributed by atoms with Gasteiger partial charge in [0.05, 0.1) is 0 Å². The summed E-state index contributed by atoms with van der Waals surface area (Å²) in [7, 11) is 0. The molecule has 2 heteroatoms. The summed E-state index contributed by atoms with van der Waals surface area (Å²) in [4.78, 5) is 0. The van der Waals surface area contributed by atoms with Crippen LogP contribution in [0.25, 0.3) is 0 Å². The lowest BCUT2D eigenvalue weighted by Crippen LogP contribution is -2.45. The zero-order valence-electron chi connectivity index (χ0n) is 10.7. The molecule has 2 aliphatic rings. The van der Waals surface area contributed by atoms with E-state index in [9.17, 15) is 0 Å². The summed E-state index contributed by atoms with van der Waals surface area (Å²) in [5, 5.41) is 0. The first-order valence-electron chi connectivity index (χ1n) is 7.19. The Bertz CT molecular complexity index is 211. The number of hydrogen-bond donors (Lipinski definition) is 2. The zero-order chi connectivity index (χ0) is 11.5. The SMILES string of the molecule is CC(C1CCCCC1)C1CCC(N)CC1N. The van der Waals surface area contributed by atoms with Gasteiger partial charge in [-0.2, -0.15) is 0 Å². The Morgan fingerprint density at radius 1 is 0.938 bits per heavy atom. The van der Waals surface area contributed by atoms with Gasteiger partial charge in [0.15, 0.2) is 0 Å². The van der Waals surface area contributed by atoms with Crippen molar-refractivity contribution in [3.63, 3.8) is 0 Å². The quantitative estimate of drug-likeness (QED) is 0.757. The van der Waals surface area contributed by atoms with E-state index in [2.05, 4.69) is 6.92 Å². The van der Waals surface area contributed by atoms with Crippen molar-refractivity contribution in [1.82, 2.24) is 0 Å². The van der Waals surface area contributed by atoms with Gasteiger partial charge in [-0.3, -0.25) is 0 Å². The summed E-state index contributed by atoms with van der Waals surface area (Å²) >= 11 is 0. The summed E-state index contributed by atoms with van der Waals surface area (Å²) < 4.78 is 0. The predicted molar refractivity (Wildman–Crippen MR) is 69.0 cm³/mol. The van der Waals surface area contributed by atoms with Crippen molar-refractivity contribution in [2.45, 2.75) is 70.4 Å². The molecule has 0 aromatic heterocycles. The van der Waals surface area contributed by atoms with Crippen LogP contribution in [0.5, 0.6) is 0 Å². The van der Waals surface area contributed by atoms with Crippen LogP contribution in [0, 0.1) is 17.8 Å². The molecule has 0 heterocycles. The van der Waals surface area contributed by atoms with Gasteiger partial charge in [-0.05, 0) is 37.0 Å². The molecule has 4 N–H and O–H groups in total. The van der Waals surface area contributed by atoms with Gasteiger partial charge in [-0.25, -0.2) is 0 Å². The van der Waals surface area contributed by atoms with E-state index in [-0.39, 0.29) is 0 Å². The first kappa shape index (κ1) is 12.4. The summed E-state index contributed by atoms with van der Waals surface area (Å²) in [6.45, 7) is 2.44. The standard InChI is InChI=1S/C14H28N2/c1-10(11-5-3-2-4-6-11)13-8-7-12(15)9-14(13)16/h10-14H,2-9,15-16H2,1H3. The molecule has 0 bridgehead atoms. The van der Waals surface area contributed by atoms with E-state index in [1.165, 1.54) is 44.9 Å². The maximum atomic E-state index is 6.30. The summed E-state index contributed by atoms with van der Waals surface area (Å²) in [5.41, 5.74) is 12.3. The largest absolute Gasteiger partial charge is 0.328 e. The lowest BCUT2D eigenvalue weighted by atomic mass is 9.68. The highest BCUT2D eigenvalue weighted by atomic mass is 14.7. The molecule has 2 rings (SSSR count). The van der Waals surface area contributed by atoms with E-state index in [1.54, 1.807) is 0 Å². The smallest absolute Gasteiger partial charge is 0.00845 e. The van der Waals surface area contributed by atoms with Crippen molar-refractivity contribution in [2.75, 3.05) is 0 Å². The van der Waals surface area contributed by atoms with Crippen LogP contribution in [0.15, 0.2) is 0 Å². The van der Waals surface area contributed by atoms with Crippen molar-refractivity contribution >= 4 is 0 Å². The molecular weight excluding hydrogens is 196 g/mol. The Kier molecular flexibility index (Phi) is 4.26. The minimum Gasteiger partial charge on any atom is -0.328 e. The fourth-order valence-electron chi connectivity index (χ4n) is 3.93. The van der Waals surface area contributed by atoms with Crippen LogP contribution in [0.3, 0.4) is 0 Å². The summed E-state index contributed by atoms with van der Waals surface area (Å²) in [5.74, 6) is 2.50. The van der Waals surface area contributed by atoms with Gasteiger partial charge in [0.2, 0.25) is 0 Å². The molecule has 0 aromatic rings. The average molecular weight is 224 g/mol. The Balaban J connectivity index is 1.90. The van der Waals surface area contributed by atoms with Gasteiger partial charge in [0, 0.05) is 12.1 Å². The molecule has 2 nitrogen and oxygen atoms in total. The third-order valence-electron chi connectivity index (χ3n) is 5.06. The molecule has 2 saturated carbocycles. The van der Waals surface area contributed by atoms with Crippen LogP contribution in [-0.2, 0) is 0 Å². The first-order valence-corrected chi connectivity index (χ1v) is 7.19. The molecule has 0 saturated heterocycles. The van der Waals surface area contributed by atoms with Crippen LogP contribution in [0.2, 0.25) is 0 Å². The van der Waals surface area contributed by atoms with E-state index in [1.807, 2.05) is 0 Å². The van der Waals surface area contributed by atoms with Crippen LogP contribution in [0.1, 0.15) is 58.3 Å². The maximum Gasteiger partial charge on any atom is 0.00845 e. The highest BCUT2D eigenvalue weighted by molar-refractivity contribution is 4.89. The molecule has 2 fully saturated rings. The van der Waals surface area contributed by atoms with Crippen molar-refractivity contribution in [3.8, 4) is 0 Å². The van der Waals surface area contributed by atoms with Gasteiger partial charge < -0.3 is 11.5 Å². The molecular formula is C14H28N2. The lowest BCUT2D eigenvalue weighted by molar-refractivity contribution is 0.134. The van der Waals surface area contributed by atoms with E-state index >= 15 is 0 Å². The molecule has 0 radical (unpaired) electrons.